The monoisotopic (exact) mass is 343 g/mol. The molecule has 0 unspecified atom stereocenters. The molecular formula is C17H17N3O5. The van der Waals surface area contributed by atoms with E-state index in [0.29, 0.717) is 36.1 Å². The summed E-state index contributed by atoms with van der Waals surface area (Å²) >= 11 is 0. The molecule has 0 spiro atoms. The molecule has 0 bridgehead atoms. The van der Waals surface area contributed by atoms with Gasteiger partial charge in [0.25, 0.3) is 5.69 Å². The molecule has 2 N–H and O–H groups in total. The van der Waals surface area contributed by atoms with Gasteiger partial charge in [0.15, 0.2) is 11.5 Å². The molecule has 0 fully saturated rings. The smallest absolute Gasteiger partial charge is 0.271 e. The number of non-ortho nitro benzene ring substituents is 1. The van der Waals surface area contributed by atoms with Gasteiger partial charge < -0.3 is 20.1 Å². The van der Waals surface area contributed by atoms with Gasteiger partial charge in [-0.2, -0.15) is 0 Å². The van der Waals surface area contributed by atoms with Crippen molar-refractivity contribution >= 4 is 23.0 Å². The number of nitrogens with zero attached hydrogens (tertiary/aromatic N) is 1. The molecule has 0 saturated heterocycles. The maximum absolute atomic E-state index is 12.4. The Morgan fingerprint density at radius 2 is 1.96 bits per heavy atom. The average molecular weight is 343 g/mol. The zero-order valence-electron chi connectivity index (χ0n) is 13.5. The van der Waals surface area contributed by atoms with Crippen LogP contribution in [0, 0.1) is 10.1 Å². The van der Waals surface area contributed by atoms with Crippen LogP contribution in [0.15, 0.2) is 42.5 Å². The molecule has 25 heavy (non-hydrogen) atoms. The number of para-hydroxylation sites is 1. The minimum absolute atomic E-state index is 0.0823. The molecule has 3 rings (SSSR count). The van der Waals surface area contributed by atoms with Crippen LogP contribution < -0.4 is 20.1 Å². The Morgan fingerprint density at radius 3 is 2.76 bits per heavy atom. The quantitative estimate of drug-likeness (QED) is 0.639. The molecule has 8 nitrogen and oxygen atoms in total. The fourth-order valence-electron chi connectivity index (χ4n) is 2.43. The maximum atomic E-state index is 12.4. The second kappa shape index (κ2) is 7.08. The Bertz CT molecular complexity index is 809. The molecule has 0 saturated carbocycles. The highest BCUT2D eigenvalue weighted by molar-refractivity contribution is 5.96. The summed E-state index contributed by atoms with van der Waals surface area (Å²) in [6.07, 6.45) is 0. The first-order chi connectivity index (χ1) is 12.0. The minimum atomic E-state index is -0.587. The summed E-state index contributed by atoms with van der Waals surface area (Å²) in [5.41, 5.74) is 0.933. The van der Waals surface area contributed by atoms with E-state index in [4.69, 9.17) is 9.47 Å². The number of nitro benzene ring substituents is 1. The molecule has 2 aromatic carbocycles. The van der Waals surface area contributed by atoms with E-state index in [-0.39, 0.29) is 11.6 Å². The third-order valence-corrected chi connectivity index (χ3v) is 3.66. The molecule has 8 heteroatoms. The van der Waals surface area contributed by atoms with Gasteiger partial charge in [0.1, 0.15) is 19.3 Å². The molecule has 0 aliphatic carbocycles. The zero-order valence-corrected chi connectivity index (χ0v) is 13.5. The molecule has 0 aromatic heterocycles. The Labute approximate surface area is 143 Å². The molecule has 1 amide bonds. The minimum Gasteiger partial charge on any atom is -0.486 e. The first-order valence-corrected chi connectivity index (χ1v) is 7.75. The van der Waals surface area contributed by atoms with Gasteiger partial charge in [-0.15, -0.1) is 0 Å². The summed E-state index contributed by atoms with van der Waals surface area (Å²) in [5, 5.41) is 16.5. The van der Waals surface area contributed by atoms with Crippen LogP contribution in [-0.4, -0.2) is 30.1 Å². The van der Waals surface area contributed by atoms with E-state index in [0.717, 1.165) is 0 Å². The summed E-state index contributed by atoms with van der Waals surface area (Å²) in [6.45, 7) is 2.62. The average Bonchev–Trinajstić information content (AvgIpc) is 2.62. The summed E-state index contributed by atoms with van der Waals surface area (Å²) in [7, 11) is 0. The fraction of sp³-hybridized carbons (Fsp3) is 0.235. The van der Waals surface area contributed by atoms with Crippen LogP contribution in [0.3, 0.4) is 0 Å². The summed E-state index contributed by atoms with van der Waals surface area (Å²) < 4.78 is 11.1. The van der Waals surface area contributed by atoms with Crippen LogP contribution in [0.1, 0.15) is 6.92 Å². The van der Waals surface area contributed by atoms with Gasteiger partial charge in [-0.1, -0.05) is 12.1 Å². The summed E-state index contributed by atoms with van der Waals surface area (Å²) in [4.78, 5) is 22.6. The van der Waals surface area contributed by atoms with Crippen molar-refractivity contribution < 1.29 is 19.2 Å². The molecule has 1 aliphatic heterocycles. The van der Waals surface area contributed by atoms with Crippen LogP contribution in [-0.2, 0) is 4.79 Å². The van der Waals surface area contributed by atoms with Gasteiger partial charge >= 0.3 is 0 Å². The van der Waals surface area contributed by atoms with Crippen LogP contribution >= 0.6 is 0 Å². The SMILES string of the molecule is C[C@H](Nc1cccc2c1OCCO2)C(=O)Nc1cccc([N+](=O)[O-])c1. The Balaban J connectivity index is 1.69. The Kier molecular flexibility index (Phi) is 4.69. The highest BCUT2D eigenvalue weighted by Gasteiger charge is 2.20. The van der Waals surface area contributed by atoms with Crippen molar-refractivity contribution in [2.24, 2.45) is 0 Å². The van der Waals surface area contributed by atoms with E-state index < -0.39 is 11.0 Å². The predicted octanol–water partition coefficient (Wildman–Crippen LogP) is 2.81. The van der Waals surface area contributed by atoms with Gasteiger partial charge in [-0.3, -0.25) is 14.9 Å². The van der Waals surface area contributed by atoms with Crippen LogP contribution in [0.5, 0.6) is 11.5 Å². The van der Waals surface area contributed by atoms with E-state index in [1.165, 1.54) is 18.2 Å². The van der Waals surface area contributed by atoms with Crippen molar-refractivity contribution in [1.29, 1.82) is 0 Å². The van der Waals surface area contributed by atoms with Crippen molar-refractivity contribution in [1.82, 2.24) is 0 Å². The van der Waals surface area contributed by atoms with Gasteiger partial charge in [0, 0.05) is 17.8 Å². The van der Waals surface area contributed by atoms with E-state index in [9.17, 15) is 14.9 Å². The number of benzene rings is 2. The lowest BCUT2D eigenvalue weighted by Gasteiger charge is -2.23. The van der Waals surface area contributed by atoms with Gasteiger partial charge in [-0.05, 0) is 25.1 Å². The first kappa shape index (κ1) is 16.6. The number of nitro groups is 1. The number of hydrogen-bond donors (Lipinski definition) is 2. The number of fused-ring (bicyclic) bond motifs is 1. The summed E-state index contributed by atoms with van der Waals surface area (Å²) in [6, 6.07) is 10.6. The Hall–Kier alpha value is -3.29. The number of anilines is 2. The molecular weight excluding hydrogens is 326 g/mol. The third-order valence-electron chi connectivity index (χ3n) is 3.66. The molecule has 1 heterocycles. The van der Waals surface area contributed by atoms with Crippen LogP contribution in [0.25, 0.3) is 0 Å². The lowest BCUT2D eigenvalue weighted by Crippen LogP contribution is -2.32. The molecule has 0 radical (unpaired) electrons. The van der Waals surface area contributed by atoms with Crippen LogP contribution in [0.2, 0.25) is 0 Å². The number of rotatable bonds is 5. The van der Waals surface area contributed by atoms with E-state index in [2.05, 4.69) is 10.6 Å². The maximum Gasteiger partial charge on any atom is 0.271 e. The second-order valence-corrected chi connectivity index (χ2v) is 5.49. The zero-order chi connectivity index (χ0) is 17.8. The largest absolute Gasteiger partial charge is 0.486 e. The predicted molar refractivity (Wildman–Crippen MR) is 92.2 cm³/mol. The second-order valence-electron chi connectivity index (χ2n) is 5.49. The highest BCUT2D eigenvalue weighted by atomic mass is 16.6. The van der Waals surface area contributed by atoms with Crippen molar-refractivity contribution in [2.75, 3.05) is 23.8 Å². The normalized spacial score (nSPS) is 13.6. The topological polar surface area (TPSA) is 103 Å². The fourth-order valence-corrected chi connectivity index (χ4v) is 2.43. The van der Waals surface area contributed by atoms with Crippen molar-refractivity contribution in [2.45, 2.75) is 13.0 Å². The number of hydrogen-bond acceptors (Lipinski definition) is 6. The lowest BCUT2D eigenvalue weighted by molar-refractivity contribution is -0.384. The van der Waals surface area contributed by atoms with Gasteiger partial charge in [-0.25, -0.2) is 0 Å². The number of carbonyl (C=O) groups excluding carboxylic acids is 1. The molecule has 1 atom stereocenters. The van der Waals surface area contributed by atoms with Crippen molar-refractivity contribution in [3.8, 4) is 11.5 Å². The third kappa shape index (κ3) is 3.79. The van der Waals surface area contributed by atoms with E-state index in [1.807, 2.05) is 0 Å². The lowest BCUT2D eigenvalue weighted by atomic mass is 10.2. The molecule has 1 aliphatic rings. The number of ether oxygens (including phenoxy) is 2. The summed E-state index contributed by atoms with van der Waals surface area (Å²) in [5.74, 6) is 0.876. The Morgan fingerprint density at radius 1 is 1.20 bits per heavy atom. The van der Waals surface area contributed by atoms with E-state index >= 15 is 0 Å². The van der Waals surface area contributed by atoms with Gasteiger partial charge in [0.05, 0.1) is 10.6 Å². The molecule has 2 aromatic rings. The first-order valence-electron chi connectivity index (χ1n) is 7.75. The standard InChI is InChI=1S/C17H17N3O5/c1-11(17(21)19-12-4-2-5-13(10-12)20(22)23)18-14-6-3-7-15-16(14)25-9-8-24-15/h2-7,10-11,18H,8-9H2,1H3,(H,19,21)/t11-/m0/s1. The number of amides is 1. The molecule has 130 valence electrons. The van der Waals surface area contributed by atoms with Crippen molar-refractivity contribution in [3.63, 3.8) is 0 Å². The highest BCUT2D eigenvalue weighted by Crippen LogP contribution is 2.37. The van der Waals surface area contributed by atoms with Gasteiger partial charge in [0.2, 0.25) is 5.91 Å². The van der Waals surface area contributed by atoms with Crippen LogP contribution in [0.4, 0.5) is 17.1 Å². The number of nitrogens with one attached hydrogen (secondary N) is 2. The van der Waals surface area contributed by atoms with Crippen molar-refractivity contribution in [3.05, 3.63) is 52.6 Å². The number of carbonyl (C=O) groups is 1. The van der Waals surface area contributed by atoms with E-state index in [1.54, 1.807) is 31.2 Å².